The van der Waals surface area contributed by atoms with Crippen molar-refractivity contribution in [1.29, 1.82) is 0 Å². The summed E-state index contributed by atoms with van der Waals surface area (Å²) in [5.41, 5.74) is 3.82. The Kier molecular flexibility index (Phi) is 4.65. The zero-order valence-corrected chi connectivity index (χ0v) is 11.0. The summed E-state index contributed by atoms with van der Waals surface area (Å²) in [5, 5.41) is 1.38. The van der Waals surface area contributed by atoms with Gasteiger partial charge in [-0.15, -0.1) is 0 Å². The first-order valence-corrected chi connectivity index (χ1v) is 6.47. The first-order chi connectivity index (χ1) is 8.22. The molecule has 0 spiro atoms. The summed E-state index contributed by atoms with van der Waals surface area (Å²) in [7, 11) is 0. The molecule has 1 fully saturated rings. The summed E-state index contributed by atoms with van der Waals surface area (Å²) in [4.78, 5) is 0. The Labute approximate surface area is 111 Å². The number of nitrogens with one attached hydrogen (secondary N) is 1. The Morgan fingerprint density at radius 1 is 1.29 bits per heavy atom. The van der Waals surface area contributed by atoms with Crippen molar-refractivity contribution >= 4 is 23.2 Å². The van der Waals surface area contributed by atoms with Crippen molar-refractivity contribution in [3.8, 4) is 0 Å². The van der Waals surface area contributed by atoms with Crippen molar-refractivity contribution in [2.24, 2.45) is 11.8 Å². The highest BCUT2D eigenvalue weighted by atomic mass is 35.5. The highest BCUT2D eigenvalue weighted by Gasteiger charge is 2.26. The van der Waals surface area contributed by atoms with Crippen LogP contribution in [0.1, 0.15) is 24.4 Å². The Hall–Kier alpha value is -0.320. The monoisotopic (exact) mass is 274 g/mol. The smallest absolute Gasteiger partial charge is 0.0505 e. The number of benzene rings is 1. The van der Waals surface area contributed by atoms with E-state index in [2.05, 4.69) is 5.43 Å². The maximum atomic E-state index is 6.20. The molecule has 3 N–H and O–H groups in total. The molecule has 5 heteroatoms. The van der Waals surface area contributed by atoms with Crippen LogP contribution in [0.25, 0.3) is 0 Å². The number of hydrogen-bond donors (Lipinski definition) is 2. The molecule has 17 heavy (non-hydrogen) atoms. The van der Waals surface area contributed by atoms with Gasteiger partial charge >= 0.3 is 0 Å². The summed E-state index contributed by atoms with van der Waals surface area (Å²) >= 11 is 12.2. The fraction of sp³-hybridized carbons (Fsp3) is 0.500. The Morgan fingerprint density at radius 2 is 2.00 bits per heavy atom. The standard InChI is InChI=1S/C12H16Cl2N2O/c13-9-1-2-11(14)10(7-9)12(16-15)8-3-5-17-6-4-8/h1-2,7-8,12,16H,3-6,15H2. The minimum Gasteiger partial charge on any atom is -0.381 e. The molecule has 1 aromatic rings. The second-order valence-corrected chi connectivity index (χ2v) is 5.10. The number of nitrogens with two attached hydrogens (primary N) is 1. The quantitative estimate of drug-likeness (QED) is 0.658. The number of hydrazine groups is 1. The third kappa shape index (κ3) is 3.12. The van der Waals surface area contributed by atoms with E-state index in [0.717, 1.165) is 31.6 Å². The summed E-state index contributed by atoms with van der Waals surface area (Å²) < 4.78 is 5.36. The van der Waals surface area contributed by atoms with Crippen LogP contribution >= 0.6 is 23.2 Å². The fourth-order valence-electron chi connectivity index (χ4n) is 2.28. The van der Waals surface area contributed by atoms with Crippen LogP contribution in [-0.2, 0) is 4.74 Å². The lowest BCUT2D eigenvalue weighted by atomic mass is 9.87. The van der Waals surface area contributed by atoms with Crippen molar-refractivity contribution < 1.29 is 4.74 Å². The van der Waals surface area contributed by atoms with Gasteiger partial charge in [0.15, 0.2) is 0 Å². The molecule has 0 amide bonds. The van der Waals surface area contributed by atoms with Crippen molar-refractivity contribution in [1.82, 2.24) is 5.43 Å². The van der Waals surface area contributed by atoms with E-state index in [1.165, 1.54) is 0 Å². The van der Waals surface area contributed by atoms with Crippen LogP contribution in [0.3, 0.4) is 0 Å². The van der Waals surface area contributed by atoms with Gasteiger partial charge in [0.1, 0.15) is 0 Å². The molecule has 1 aromatic carbocycles. The average Bonchev–Trinajstić information content (AvgIpc) is 2.36. The third-order valence-corrected chi connectivity index (χ3v) is 3.79. The molecule has 2 rings (SSSR count). The van der Waals surface area contributed by atoms with Gasteiger partial charge < -0.3 is 4.74 Å². The van der Waals surface area contributed by atoms with E-state index in [4.69, 9.17) is 33.8 Å². The SMILES string of the molecule is NNC(c1cc(Cl)ccc1Cl)C1CCOCC1. The van der Waals surface area contributed by atoms with Crippen molar-refractivity contribution in [3.63, 3.8) is 0 Å². The topological polar surface area (TPSA) is 47.3 Å². The molecule has 1 aliphatic rings. The van der Waals surface area contributed by atoms with Crippen molar-refractivity contribution in [3.05, 3.63) is 33.8 Å². The first-order valence-electron chi connectivity index (χ1n) is 5.71. The molecule has 3 nitrogen and oxygen atoms in total. The molecule has 1 unspecified atom stereocenters. The van der Waals surface area contributed by atoms with Gasteiger partial charge in [-0.25, -0.2) is 0 Å². The Bertz CT molecular complexity index is 381. The molecule has 1 atom stereocenters. The molecule has 0 aliphatic carbocycles. The maximum absolute atomic E-state index is 6.20. The molecule has 0 saturated carbocycles. The lowest BCUT2D eigenvalue weighted by molar-refractivity contribution is 0.0536. The molecular formula is C12H16Cl2N2O. The van der Waals surface area contributed by atoms with Gasteiger partial charge in [0.05, 0.1) is 6.04 Å². The molecular weight excluding hydrogens is 259 g/mol. The molecule has 0 bridgehead atoms. The number of hydrogen-bond acceptors (Lipinski definition) is 3. The van der Waals surface area contributed by atoms with Crippen molar-refractivity contribution in [2.75, 3.05) is 13.2 Å². The summed E-state index contributed by atoms with van der Waals surface area (Å²) in [5.74, 6) is 6.10. The highest BCUT2D eigenvalue weighted by Crippen LogP contribution is 2.34. The first kappa shape index (κ1) is 13.1. The van der Waals surface area contributed by atoms with Gasteiger partial charge in [-0.05, 0) is 42.5 Å². The minimum absolute atomic E-state index is 0.0325. The van der Waals surface area contributed by atoms with E-state index in [0.29, 0.717) is 16.0 Å². The number of halogens is 2. The molecule has 0 aromatic heterocycles. The molecule has 94 valence electrons. The Morgan fingerprint density at radius 3 is 2.65 bits per heavy atom. The van der Waals surface area contributed by atoms with Crippen LogP contribution in [0.5, 0.6) is 0 Å². The van der Waals surface area contributed by atoms with E-state index >= 15 is 0 Å². The van der Waals surface area contributed by atoms with E-state index in [1.807, 2.05) is 12.1 Å². The minimum atomic E-state index is 0.0325. The lowest BCUT2D eigenvalue weighted by Gasteiger charge is -2.30. The van der Waals surface area contributed by atoms with Crippen LogP contribution in [0.2, 0.25) is 10.0 Å². The molecule has 0 radical (unpaired) electrons. The second kappa shape index (κ2) is 6.03. The largest absolute Gasteiger partial charge is 0.381 e. The highest BCUT2D eigenvalue weighted by molar-refractivity contribution is 6.33. The maximum Gasteiger partial charge on any atom is 0.0505 e. The predicted octanol–water partition coefficient (Wildman–Crippen LogP) is 2.92. The predicted molar refractivity (Wildman–Crippen MR) is 70.1 cm³/mol. The van der Waals surface area contributed by atoms with Crippen LogP contribution in [-0.4, -0.2) is 13.2 Å². The molecule has 1 aliphatic heterocycles. The van der Waals surface area contributed by atoms with Crippen molar-refractivity contribution in [2.45, 2.75) is 18.9 Å². The van der Waals surface area contributed by atoms with Crippen LogP contribution in [0, 0.1) is 5.92 Å². The van der Waals surface area contributed by atoms with Gasteiger partial charge in [-0.1, -0.05) is 23.2 Å². The zero-order valence-electron chi connectivity index (χ0n) is 9.46. The van der Waals surface area contributed by atoms with E-state index in [1.54, 1.807) is 6.07 Å². The van der Waals surface area contributed by atoms with Crippen LogP contribution in [0.4, 0.5) is 0 Å². The van der Waals surface area contributed by atoms with Gasteiger partial charge in [-0.2, -0.15) is 0 Å². The van der Waals surface area contributed by atoms with Crippen LogP contribution in [0.15, 0.2) is 18.2 Å². The second-order valence-electron chi connectivity index (χ2n) is 4.26. The van der Waals surface area contributed by atoms with Gasteiger partial charge in [-0.3, -0.25) is 11.3 Å². The normalized spacial score (nSPS) is 19.2. The van der Waals surface area contributed by atoms with E-state index in [-0.39, 0.29) is 6.04 Å². The van der Waals surface area contributed by atoms with E-state index in [9.17, 15) is 0 Å². The average molecular weight is 275 g/mol. The zero-order chi connectivity index (χ0) is 12.3. The summed E-state index contributed by atoms with van der Waals surface area (Å²) in [6, 6.07) is 5.50. The van der Waals surface area contributed by atoms with Crippen LogP contribution < -0.4 is 11.3 Å². The summed E-state index contributed by atoms with van der Waals surface area (Å²) in [6.45, 7) is 1.56. The summed E-state index contributed by atoms with van der Waals surface area (Å²) in [6.07, 6.45) is 1.97. The molecule has 1 heterocycles. The van der Waals surface area contributed by atoms with Gasteiger partial charge in [0.2, 0.25) is 0 Å². The van der Waals surface area contributed by atoms with Gasteiger partial charge in [0, 0.05) is 23.3 Å². The number of rotatable bonds is 3. The lowest BCUT2D eigenvalue weighted by Crippen LogP contribution is -2.36. The van der Waals surface area contributed by atoms with Gasteiger partial charge in [0.25, 0.3) is 0 Å². The van der Waals surface area contributed by atoms with E-state index < -0.39 is 0 Å². The number of ether oxygens (including phenoxy) is 1. The Balaban J connectivity index is 2.24. The fourth-order valence-corrected chi connectivity index (χ4v) is 2.70. The third-order valence-electron chi connectivity index (χ3n) is 3.21. The molecule has 1 saturated heterocycles.